The average Bonchev–Trinajstić information content (AvgIpc) is 3.47. The first-order valence-corrected chi connectivity index (χ1v) is 11.5. The third-order valence-corrected chi connectivity index (χ3v) is 8.04. The second kappa shape index (κ2) is 7.17. The average molecular weight is 422 g/mol. The van der Waals surface area contributed by atoms with Crippen molar-refractivity contribution in [1.29, 1.82) is 0 Å². The van der Waals surface area contributed by atoms with E-state index in [4.69, 9.17) is 12.6 Å². The minimum Gasteiger partial charge on any atom is -0.308 e. The van der Waals surface area contributed by atoms with Gasteiger partial charge in [-0.1, -0.05) is 24.3 Å². The molecule has 5 heteroatoms. The molecule has 0 saturated heterocycles. The van der Waals surface area contributed by atoms with E-state index in [0.29, 0.717) is 0 Å². The molecule has 5 aromatic rings. The first-order valence-electron chi connectivity index (χ1n) is 8.49. The SMILES string of the molecule is Sc1c(C=Cc2ccc(-c3cccs3)s2)n(-c2ccccc2)c2ccsc12. The topological polar surface area (TPSA) is 4.93 Å². The summed E-state index contributed by atoms with van der Waals surface area (Å²) in [4.78, 5) is 4.92. The zero-order valence-corrected chi connectivity index (χ0v) is 17.5. The molecule has 1 nitrogen and oxygen atoms in total. The van der Waals surface area contributed by atoms with Gasteiger partial charge in [0.25, 0.3) is 0 Å². The van der Waals surface area contributed by atoms with Gasteiger partial charge in [0.2, 0.25) is 0 Å². The number of para-hydroxylation sites is 1. The fourth-order valence-electron chi connectivity index (χ4n) is 3.17. The standard InChI is InChI=1S/C22H15NS4/c24-21-17(10-8-16-9-11-20(27-16)19-7-4-13-25-19)23(15-5-2-1-3-6-15)18-12-14-26-22(18)21/h1-14,24H. The molecule has 0 saturated carbocycles. The molecule has 1 aromatic carbocycles. The van der Waals surface area contributed by atoms with Crippen LogP contribution in [-0.2, 0) is 0 Å². The van der Waals surface area contributed by atoms with E-state index in [0.717, 1.165) is 16.3 Å². The Morgan fingerprint density at radius 2 is 1.67 bits per heavy atom. The minimum atomic E-state index is 1.04. The van der Waals surface area contributed by atoms with Crippen LogP contribution >= 0.6 is 46.6 Å². The number of benzene rings is 1. The van der Waals surface area contributed by atoms with Crippen molar-refractivity contribution in [3.63, 3.8) is 0 Å². The Morgan fingerprint density at radius 1 is 0.778 bits per heavy atom. The van der Waals surface area contributed by atoms with E-state index in [1.165, 1.54) is 24.8 Å². The molecule has 4 heterocycles. The van der Waals surface area contributed by atoms with Gasteiger partial charge < -0.3 is 4.57 Å². The molecule has 0 N–H and O–H groups in total. The first kappa shape index (κ1) is 17.1. The number of hydrogen-bond acceptors (Lipinski definition) is 4. The lowest BCUT2D eigenvalue weighted by atomic mass is 10.3. The monoisotopic (exact) mass is 421 g/mol. The molecule has 0 radical (unpaired) electrons. The second-order valence-electron chi connectivity index (χ2n) is 6.05. The summed E-state index contributed by atoms with van der Waals surface area (Å²) in [6, 6.07) is 21.3. The maximum atomic E-state index is 4.84. The van der Waals surface area contributed by atoms with Gasteiger partial charge in [-0.15, -0.1) is 46.6 Å². The van der Waals surface area contributed by atoms with Crippen molar-refractivity contribution in [2.75, 3.05) is 0 Å². The molecular weight excluding hydrogens is 407 g/mol. The number of rotatable bonds is 4. The van der Waals surface area contributed by atoms with Crippen molar-refractivity contribution in [2.24, 2.45) is 0 Å². The highest BCUT2D eigenvalue weighted by Gasteiger charge is 2.15. The number of aromatic nitrogens is 1. The molecular formula is C22H15NS4. The Morgan fingerprint density at radius 3 is 2.48 bits per heavy atom. The van der Waals surface area contributed by atoms with Gasteiger partial charge in [-0.05, 0) is 59.3 Å². The number of thiophene rings is 3. The third-order valence-electron chi connectivity index (χ3n) is 4.39. The number of nitrogens with zero attached hydrogens (tertiary/aromatic N) is 1. The van der Waals surface area contributed by atoms with Gasteiger partial charge >= 0.3 is 0 Å². The minimum absolute atomic E-state index is 1.04. The molecule has 5 rings (SSSR count). The molecule has 0 atom stereocenters. The summed E-state index contributed by atoms with van der Waals surface area (Å²) in [6.45, 7) is 0. The molecule has 0 unspecified atom stereocenters. The zero-order chi connectivity index (χ0) is 18.2. The van der Waals surface area contributed by atoms with Crippen LogP contribution in [0.2, 0.25) is 0 Å². The fourth-order valence-corrected chi connectivity index (χ4v) is 6.19. The Kier molecular flexibility index (Phi) is 4.53. The second-order valence-corrected chi connectivity index (χ2v) is 9.48. The van der Waals surface area contributed by atoms with Gasteiger partial charge in [0, 0.05) is 25.2 Å². The van der Waals surface area contributed by atoms with Crippen LogP contribution in [-0.4, -0.2) is 4.57 Å². The van der Waals surface area contributed by atoms with Gasteiger partial charge in [0.15, 0.2) is 0 Å². The molecule has 0 aliphatic carbocycles. The normalized spacial score (nSPS) is 11.7. The smallest absolute Gasteiger partial charge is 0.0665 e. The van der Waals surface area contributed by atoms with Crippen molar-refractivity contribution < 1.29 is 0 Å². The zero-order valence-electron chi connectivity index (χ0n) is 14.2. The van der Waals surface area contributed by atoms with E-state index in [1.807, 2.05) is 17.4 Å². The lowest BCUT2D eigenvalue weighted by Crippen LogP contribution is -1.95. The highest BCUT2D eigenvalue weighted by molar-refractivity contribution is 7.80. The highest BCUT2D eigenvalue weighted by atomic mass is 32.1. The molecule has 27 heavy (non-hydrogen) atoms. The van der Waals surface area contributed by atoms with Crippen molar-refractivity contribution in [3.05, 3.63) is 82.0 Å². The Balaban J connectivity index is 1.58. The molecule has 4 aromatic heterocycles. The van der Waals surface area contributed by atoms with Crippen LogP contribution in [0, 0.1) is 0 Å². The lowest BCUT2D eigenvalue weighted by molar-refractivity contribution is 1.09. The van der Waals surface area contributed by atoms with Crippen LogP contribution in [0.4, 0.5) is 0 Å². The molecule has 132 valence electrons. The van der Waals surface area contributed by atoms with Crippen molar-refractivity contribution >= 4 is 69.0 Å². The van der Waals surface area contributed by atoms with E-state index < -0.39 is 0 Å². The quantitative estimate of drug-likeness (QED) is 0.281. The van der Waals surface area contributed by atoms with Gasteiger partial charge in [0.1, 0.15) is 0 Å². The lowest BCUT2D eigenvalue weighted by Gasteiger charge is -2.08. The van der Waals surface area contributed by atoms with Gasteiger partial charge in [0.05, 0.1) is 15.9 Å². The molecule has 0 fully saturated rings. The van der Waals surface area contributed by atoms with E-state index in [2.05, 4.69) is 82.1 Å². The van der Waals surface area contributed by atoms with E-state index in [9.17, 15) is 0 Å². The van der Waals surface area contributed by atoms with Gasteiger partial charge in [-0.2, -0.15) is 0 Å². The van der Waals surface area contributed by atoms with Gasteiger partial charge in [-0.25, -0.2) is 0 Å². The molecule has 0 amide bonds. The Labute approximate surface area is 175 Å². The molecule has 0 bridgehead atoms. The predicted molar refractivity (Wildman–Crippen MR) is 125 cm³/mol. The van der Waals surface area contributed by atoms with E-state index in [1.54, 1.807) is 22.7 Å². The summed E-state index contributed by atoms with van der Waals surface area (Å²) in [5.74, 6) is 0. The fraction of sp³-hybridized carbons (Fsp3) is 0. The first-order chi connectivity index (χ1) is 13.3. The molecule has 0 spiro atoms. The maximum absolute atomic E-state index is 4.84. The third kappa shape index (κ3) is 3.11. The van der Waals surface area contributed by atoms with Gasteiger partial charge in [-0.3, -0.25) is 0 Å². The van der Waals surface area contributed by atoms with Crippen molar-refractivity contribution in [3.8, 4) is 15.4 Å². The highest BCUT2D eigenvalue weighted by Crippen LogP contribution is 2.37. The summed E-state index contributed by atoms with van der Waals surface area (Å²) in [5, 5.41) is 4.25. The van der Waals surface area contributed by atoms with Crippen LogP contribution in [0.1, 0.15) is 10.6 Å². The summed E-state index contributed by atoms with van der Waals surface area (Å²) in [5.41, 5.74) is 3.49. The van der Waals surface area contributed by atoms with Crippen molar-refractivity contribution in [2.45, 2.75) is 4.90 Å². The largest absolute Gasteiger partial charge is 0.308 e. The number of thiol groups is 1. The molecule has 0 aliphatic rings. The Hall–Kier alpha value is -2.05. The van der Waals surface area contributed by atoms with Crippen LogP contribution < -0.4 is 0 Å². The maximum Gasteiger partial charge on any atom is 0.0665 e. The summed E-state index contributed by atoms with van der Waals surface area (Å²) in [7, 11) is 0. The summed E-state index contributed by atoms with van der Waals surface area (Å²) in [6.07, 6.45) is 4.38. The number of hydrogen-bond donors (Lipinski definition) is 1. The molecule has 0 aliphatic heterocycles. The summed E-state index contributed by atoms with van der Waals surface area (Å²) >= 11 is 10.2. The van der Waals surface area contributed by atoms with Crippen molar-refractivity contribution in [1.82, 2.24) is 4.57 Å². The van der Waals surface area contributed by atoms with Crippen LogP contribution in [0.5, 0.6) is 0 Å². The van der Waals surface area contributed by atoms with Crippen LogP contribution in [0.25, 0.3) is 37.8 Å². The number of fused-ring (bicyclic) bond motifs is 1. The van der Waals surface area contributed by atoms with E-state index >= 15 is 0 Å². The van der Waals surface area contributed by atoms with Crippen LogP contribution in [0.15, 0.2) is 76.3 Å². The van der Waals surface area contributed by atoms with Crippen LogP contribution in [0.3, 0.4) is 0 Å². The Bertz CT molecular complexity index is 1220. The predicted octanol–water partition coefficient (Wildman–Crippen LogP) is 7.94. The summed E-state index contributed by atoms with van der Waals surface area (Å²) < 4.78 is 3.52. The van der Waals surface area contributed by atoms with E-state index in [-0.39, 0.29) is 0 Å².